The van der Waals surface area contributed by atoms with E-state index in [1.807, 2.05) is 0 Å². The van der Waals surface area contributed by atoms with Gasteiger partial charge in [-0.2, -0.15) is 13.2 Å². The van der Waals surface area contributed by atoms with Crippen molar-refractivity contribution in [3.63, 3.8) is 0 Å². The van der Waals surface area contributed by atoms with Gasteiger partial charge in [0.1, 0.15) is 6.61 Å². The molecule has 8 heteroatoms. The standard InChI is InChI=1S/C18H18F4N2O2/c1-24(12-13-6-2-3-7-14(13)18(20,21)22)17(25)23-10-11-26-16-9-5-4-8-15(16)19/h2-9H,10-12H2,1H3,(H,23,25). The molecule has 1 N–H and O–H groups in total. The predicted octanol–water partition coefficient (Wildman–Crippen LogP) is 4.06. The fraction of sp³-hybridized carbons (Fsp3) is 0.278. The molecule has 0 spiro atoms. The van der Waals surface area contributed by atoms with Gasteiger partial charge in [0.25, 0.3) is 0 Å². The quantitative estimate of drug-likeness (QED) is 0.615. The first-order valence-corrected chi connectivity index (χ1v) is 7.80. The Morgan fingerprint density at radius 1 is 1.12 bits per heavy atom. The molecule has 0 radical (unpaired) electrons. The Kier molecular flexibility index (Phi) is 6.43. The second kappa shape index (κ2) is 8.55. The lowest BCUT2D eigenvalue weighted by atomic mass is 10.1. The molecule has 2 rings (SSSR count). The van der Waals surface area contributed by atoms with Gasteiger partial charge in [0.2, 0.25) is 0 Å². The van der Waals surface area contributed by atoms with E-state index in [1.54, 1.807) is 6.07 Å². The van der Waals surface area contributed by atoms with Gasteiger partial charge in [-0.05, 0) is 23.8 Å². The Morgan fingerprint density at radius 3 is 2.46 bits per heavy atom. The van der Waals surface area contributed by atoms with Crippen molar-refractivity contribution in [2.75, 3.05) is 20.2 Å². The van der Waals surface area contributed by atoms with Crippen LogP contribution in [0.5, 0.6) is 5.75 Å². The average Bonchev–Trinajstić information content (AvgIpc) is 2.59. The number of ether oxygens (including phenoxy) is 1. The molecule has 0 aliphatic heterocycles. The molecule has 0 aromatic heterocycles. The smallest absolute Gasteiger partial charge is 0.416 e. The van der Waals surface area contributed by atoms with Crippen LogP contribution in [0.1, 0.15) is 11.1 Å². The number of carbonyl (C=O) groups is 1. The largest absolute Gasteiger partial charge is 0.489 e. The van der Waals surface area contributed by atoms with Crippen molar-refractivity contribution in [1.82, 2.24) is 10.2 Å². The van der Waals surface area contributed by atoms with Crippen molar-refractivity contribution >= 4 is 6.03 Å². The van der Waals surface area contributed by atoms with Crippen molar-refractivity contribution in [3.8, 4) is 5.75 Å². The number of benzene rings is 2. The number of urea groups is 1. The zero-order valence-electron chi connectivity index (χ0n) is 14.0. The minimum absolute atomic E-state index is 0.000238. The third-order valence-electron chi connectivity index (χ3n) is 3.55. The number of rotatable bonds is 6. The monoisotopic (exact) mass is 370 g/mol. The molecule has 0 bridgehead atoms. The van der Waals surface area contributed by atoms with Crippen molar-refractivity contribution in [2.24, 2.45) is 0 Å². The third kappa shape index (κ3) is 5.37. The normalized spacial score (nSPS) is 11.1. The summed E-state index contributed by atoms with van der Waals surface area (Å²) in [6, 6.07) is 10.4. The predicted molar refractivity (Wildman–Crippen MR) is 88.2 cm³/mol. The lowest BCUT2D eigenvalue weighted by Gasteiger charge is -2.20. The number of para-hydroxylation sites is 1. The molecule has 4 nitrogen and oxygen atoms in total. The zero-order chi connectivity index (χ0) is 19.2. The highest BCUT2D eigenvalue weighted by molar-refractivity contribution is 5.73. The summed E-state index contributed by atoms with van der Waals surface area (Å²) in [6.45, 7) is -0.0895. The maximum Gasteiger partial charge on any atom is 0.416 e. The SMILES string of the molecule is CN(Cc1ccccc1C(F)(F)F)C(=O)NCCOc1ccccc1F. The number of hydrogen-bond acceptors (Lipinski definition) is 2. The average molecular weight is 370 g/mol. The Morgan fingerprint density at radius 2 is 1.77 bits per heavy atom. The number of nitrogens with one attached hydrogen (secondary N) is 1. The summed E-state index contributed by atoms with van der Waals surface area (Å²) >= 11 is 0. The molecule has 0 saturated carbocycles. The lowest BCUT2D eigenvalue weighted by molar-refractivity contribution is -0.138. The number of carbonyl (C=O) groups excluding carboxylic acids is 1. The molecule has 0 saturated heterocycles. The van der Waals surface area contributed by atoms with Crippen LogP contribution in [0.25, 0.3) is 0 Å². The summed E-state index contributed by atoms with van der Waals surface area (Å²) in [7, 11) is 1.39. The summed E-state index contributed by atoms with van der Waals surface area (Å²) < 4.78 is 57.5. The summed E-state index contributed by atoms with van der Waals surface area (Å²) in [6.07, 6.45) is -4.48. The maximum atomic E-state index is 13.4. The van der Waals surface area contributed by atoms with Crippen molar-refractivity contribution in [2.45, 2.75) is 12.7 Å². The highest BCUT2D eigenvalue weighted by Gasteiger charge is 2.33. The highest BCUT2D eigenvalue weighted by atomic mass is 19.4. The van der Waals surface area contributed by atoms with E-state index in [2.05, 4.69) is 5.32 Å². The maximum absolute atomic E-state index is 13.4. The Hall–Kier alpha value is -2.77. The van der Waals surface area contributed by atoms with Crippen LogP contribution in [-0.2, 0) is 12.7 Å². The molecule has 26 heavy (non-hydrogen) atoms. The molecule has 0 unspecified atom stereocenters. The van der Waals surface area contributed by atoms with E-state index in [4.69, 9.17) is 4.74 Å². The van der Waals surface area contributed by atoms with Crippen LogP contribution in [0, 0.1) is 5.82 Å². The number of amides is 2. The third-order valence-corrected chi connectivity index (χ3v) is 3.55. The van der Waals surface area contributed by atoms with Crippen molar-refractivity contribution in [3.05, 3.63) is 65.5 Å². The number of nitrogens with zero attached hydrogens (tertiary/aromatic N) is 1. The Balaban J connectivity index is 1.84. The topological polar surface area (TPSA) is 41.6 Å². The van der Waals surface area contributed by atoms with Gasteiger partial charge in [-0.25, -0.2) is 9.18 Å². The lowest BCUT2D eigenvalue weighted by Crippen LogP contribution is -2.39. The van der Waals surface area contributed by atoms with Crippen molar-refractivity contribution in [1.29, 1.82) is 0 Å². The van der Waals surface area contributed by atoms with Gasteiger partial charge in [0.15, 0.2) is 11.6 Å². The first kappa shape index (κ1) is 19.6. The van der Waals surface area contributed by atoms with Gasteiger partial charge in [-0.3, -0.25) is 0 Å². The van der Waals surface area contributed by atoms with Crippen molar-refractivity contribution < 1.29 is 27.1 Å². The van der Waals surface area contributed by atoms with Crippen LogP contribution in [-0.4, -0.2) is 31.1 Å². The summed E-state index contributed by atoms with van der Waals surface area (Å²) in [5.41, 5.74) is -0.775. The molecule has 0 atom stereocenters. The summed E-state index contributed by atoms with van der Waals surface area (Å²) in [4.78, 5) is 13.1. The van der Waals surface area contributed by atoms with E-state index in [0.717, 1.165) is 11.0 Å². The number of alkyl halides is 3. The number of hydrogen-bond donors (Lipinski definition) is 1. The van der Waals surface area contributed by atoms with Crippen LogP contribution < -0.4 is 10.1 Å². The minimum atomic E-state index is -4.48. The summed E-state index contributed by atoms with van der Waals surface area (Å²) in [5.74, 6) is -0.450. The first-order valence-electron chi connectivity index (χ1n) is 7.80. The van der Waals surface area contributed by atoms with E-state index in [9.17, 15) is 22.4 Å². The first-order chi connectivity index (χ1) is 12.3. The molecule has 140 valence electrons. The van der Waals surface area contributed by atoms with Crippen LogP contribution in [0.15, 0.2) is 48.5 Å². The Bertz CT molecular complexity index is 750. The van der Waals surface area contributed by atoms with E-state index in [1.165, 1.54) is 43.4 Å². The molecule has 2 aromatic carbocycles. The van der Waals surface area contributed by atoms with Crippen LogP contribution in [0.3, 0.4) is 0 Å². The van der Waals surface area contributed by atoms with Crippen LogP contribution >= 0.6 is 0 Å². The van der Waals surface area contributed by atoms with Gasteiger partial charge in [0.05, 0.1) is 12.1 Å². The molecule has 0 aliphatic rings. The Labute approximate surface area is 148 Å². The van der Waals surface area contributed by atoms with Gasteiger partial charge in [-0.15, -0.1) is 0 Å². The zero-order valence-corrected chi connectivity index (χ0v) is 14.0. The fourth-order valence-corrected chi connectivity index (χ4v) is 2.28. The van der Waals surface area contributed by atoms with Gasteiger partial charge >= 0.3 is 12.2 Å². The molecule has 2 amide bonds. The van der Waals surface area contributed by atoms with E-state index in [0.29, 0.717) is 0 Å². The second-order valence-corrected chi connectivity index (χ2v) is 5.52. The fourth-order valence-electron chi connectivity index (χ4n) is 2.28. The highest BCUT2D eigenvalue weighted by Crippen LogP contribution is 2.32. The van der Waals surface area contributed by atoms with E-state index >= 15 is 0 Å². The summed E-state index contributed by atoms with van der Waals surface area (Å²) in [5, 5.41) is 2.51. The van der Waals surface area contributed by atoms with Gasteiger partial charge in [0, 0.05) is 13.6 Å². The molecule has 0 fully saturated rings. The van der Waals surface area contributed by atoms with Crippen LogP contribution in [0.2, 0.25) is 0 Å². The number of halogens is 4. The minimum Gasteiger partial charge on any atom is -0.489 e. The van der Waals surface area contributed by atoms with E-state index in [-0.39, 0.29) is 31.0 Å². The van der Waals surface area contributed by atoms with Gasteiger partial charge in [-0.1, -0.05) is 30.3 Å². The molecule has 0 aliphatic carbocycles. The van der Waals surface area contributed by atoms with Gasteiger partial charge < -0.3 is 15.0 Å². The van der Waals surface area contributed by atoms with E-state index < -0.39 is 23.6 Å². The molecular formula is C18H18F4N2O2. The molecule has 2 aromatic rings. The molecule has 0 heterocycles. The second-order valence-electron chi connectivity index (χ2n) is 5.52. The van der Waals surface area contributed by atoms with Crippen LogP contribution in [0.4, 0.5) is 22.4 Å². The molecular weight excluding hydrogens is 352 g/mol.